The van der Waals surface area contributed by atoms with Crippen LogP contribution in [0.25, 0.3) is 10.7 Å². The van der Waals surface area contributed by atoms with Crippen molar-refractivity contribution >= 4 is 33.1 Å². The molecule has 4 nitrogen and oxygen atoms in total. The molecule has 0 aromatic carbocycles. The Morgan fingerprint density at radius 3 is 2.78 bits per heavy atom. The smallest absolute Gasteiger partial charge is 0.172 e. The van der Waals surface area contributed by atoms with Crippen molar-refractivity contribution in [2.45, 2.75) is 20.0 Å². The molecule has 96 valence electrons. The topological polar surface area (TPSA) is 61.0 Å². The van der Waals surface area contributed by atoms with Gasteiger partial charge in [-0.3, -0.25) is 0 Å². The van der Waals surface area contributed by atoms with Crippen molar-refractivity contribution in [2.24, 2.45) is 0 Å². The van der Waals surface area contributed by atoms with Crippen LogP contribution in [0.1, 0.15) is 17.5 Å². The first-order valence-electron chi connectivity index (χ1n) is 5.55. The Morgan fingerprint density at radius 1 is 1.39 bits per heavy atom. The summed E-state index contributed by atoms with van der Waals surface area (Å²) in [5.41, 5.74) is 6.65. The summed E-state index contributed by atoms with van der Waals surface area (Å²) < 4.78 is 5.82. The van der Waals surface area contributed by atoms with Gasteiger partial charge in [-0.15, -0.1) is 11.3 Å². The molecule has 0 saturated carbocycles. The number of aromatic nitrogens is 2. The number of halogens is 1. The number of thiophene rings is 1. The first-order chi connectivity index (χ1) is 8.65. The van der Waals surface area contributed by atoms with Gasteiger partial charge in [-0.1, -0.05) is 6.92 Å². The Bertz CT molecular complexity index is 556. The lowest BCUT2D eigenvalue weighted by Gasteiger charge is -2.07. The van der Waals surface area contributed by atoms with E-state index in [1.54, 1.807) is 18.4 Å². The van der Waals surface area contributed by atoms with Crippen molar-refractivity contribution in [1.29, 1.82) is 0 Å². The molecule has 0 atom stereocenters. The predicted molar refractivity (Wildman–Crippen MR) is 77.5 cm³/mol. The molecule has 0 spiro atoms. The van der Waals surface area contributed by atoms with E-state index in [1.165, 1.54) is 4.88 Å². The molecule has 0 bridgehead atoms. The van der Waals surface area contributed by atoms with Crippen LogP contribution < -0.4 is 5.73 Å². The molecule has 0 aliphatic rings. The number of rotatable bonds is 4. The monoisotopic (exact) mass is 327 g/mol. The normalized spacial score (nSPS) is 10.8. The zero-order chi connectivity index (χ0) is 13.1. The summed E-state index contributed by atoms with van der Waals surface area (Å²) in [7, 11) is 1.63. The number of nitrogens with zero attached hydrogens (tertiary/aromatic N) is 2. The number of methoxy groups -OCH3 is 1. The minimum atomic E-state index is 0.409. The van der Waals surface area contributed by atoms with Gasteiger partial charge >= 0.3 is 0 Å². The van der Waals surface area contributed by atoms with Crippen LogP contribution >= 0.6 is 27.3 Å². The highest BCUT2D eigenvalue weighted by Gasteiger charge is 2.12. The number of nitrogens with two attached hydrogens (primary N) is 1. The summed E-state index contributed by atoms with van der Waals surface area (Å²) in [5, 5.41) is 0. The van der Waals surface area contributed by atoms with Crippen LogP contribution in [0.2, 0.25) is 0 Å². The van der Waals surface area contributed by atoms with Crippen molar-refractivity contribution in [3.63, 3.8) is 0 Å². The van der Waals surface area contributed by atoms with Crippen molar-refractivity contribution in [1.82, 2.24) is 9.97 Å². The van der Waals surface area contributed by atoms with Crippen molar-refractivity contribution < 1.29 is 4.74 Å². The predicted octanol–water partition coefficient (Wildman–Crippen LogP) is 3.26. The van der Waals surface area contributed by atoms with Gasteiger partial charge in [0.15, 0.2) is 5.82 Å². The molecule has 0 fully saturated rings. The summed E-state index contributed by atoms with van der Waals surface area (Å²) in [6.07, 6.45) is 1.02. The van der Waals surface area contributed by atoms with E-state index in [0.717, 1.165) is 17.0 Å². The van der Waals surface area contributed by atoms with E-state index in [0.29, 0.717) is 22.7 Å². The van der Waals surface area contributed by atoms with E-state index in [-0.39, 0.29) is 0 Å². The molecule has 18 heavy (non-hydrogen) atoms. The van der Waals surface area contributed by atoms with Gasteiger partial charge in [0.2, 0.25) is 0 Å². The minimum Gasteiger partial charge on any atom is -0.383 e. The van der Waals surface area contributed by atoms with Crippen molar-refractivity contribution in [3.05, 3.63) is 27.2 Å². The third-order valence-corrected chi connectivity index (χ3v) is 4.55. The zero-order valence-corrected chi connectivity index (χ0v) is 12.6. The van der Waals surface area contributed by atoms with Gasteiger partial charge < -0.3 is 10.5 Å². The number of hydrogen-bond donors (Lipinski definition) is 1. The van der Waals surface area contributed by atoms with E-state index in [1.807, 2.05) is 6.07 Å². The fraction of sp³-hybridized carbons (Fsp3) is 0.333. The van der Waals surface area contributed by atoms with Gasteiger partial charge in [-0.25, -0.2) is 9.97 Å². The van der Waals surface area contributed by atoms with Crippen LogP contribution in [0.5, 0.6) is 0 Å². The molecule has 0 saturated heterocycles. The maximum Gasteiger partial charge on any atom is 0.172 e. The van der Waals surface area contributed by atoms with Crippen LogP contribution in [-0.4, -0.2) is 17.1 Å². The Morgan fingerprint density at radius 2 is 2.17 bits per heavy atom. The third kappa shape index (κ3) is 2.71. The number of hydrogen-bond acceptors (Lipinski definition) is 5. The largest absolute Gasteiger partial charge is 0.383 e. The van der Waals surface area contributed by atoms with Gasteiger partial charge in [-0.2, -0.15) is 0 Å². The molecular formula is C12H14BrN3OS. The summed E-state index contributed by atoms with van der Waals surface area (Å²) in [6, 6.07) is 4.13. The maximum absolute atomic E-state index is 5.88. The highest BCUT2D eigenvalue weighted by molar-refractivity contribution is 9.10. The second kappa shape index (κ2) is 5.77. The second-order valence-electron chi connectivity index (χ2n) is 3.75. The molecule has 2 rings (SSSR count). The fourth-order valence-electron chi connectivity index (χ4n) is 1.54. The molecule has 0 aliphatic heterocycles. The summed E-state index contributed by atoms with van der Waals surface area (Å²) in [4.78, 5) is 11.1. The highest BCUT2D eigenvalue weighted by Crippen LogP contribution is 2.29. The van der Waals surface area contributed by atoms with Gasteiger partial charge in [0.1, 0.15) is 5.82 Å². The first kappa shape index (κ1) is 13.5. The van der Waals surface area contributed by atoms with Gasteiger partial charge in [0, 0.05) is 12.0 Å². The molecule has 0 aliphatic carbocycles. The molecular weight excluding hydrogens is 314 g/mol. The fourth-order valence-corrected chi connectivity index (χ4v) is 2.72. The number of nitrogen functional groups attached to an aromatic ring is 1. The van der Waals surface area contributed by atoms with Crippen LogP contribution in [0, 0.1) is 0 Å². The summed E-state index contributed by atoms with van der Waals surface area (Å²) in [6.45, 7) is 2.54. The Balaban J connectivity index is 2.44. The van der Waals surface area contributed by atoms with Crippen LogP contribution in [0.4, 0.5) is 5.82 Å². The maximum atomic E-state index is 5.88. The molecule has 2 N–H and O–H groups in total. The molecule has 2 heterocycles. The highest BCUT2D eigenvalue weighted by atomic mass is 79.9. The number of aryl methyl sites for hydroxylation is 1. The van der Waals surface area contributed by atoms with E-state index in [4.69, 9.17) is 10.5 Å². The second-order valence-corrected chi connectivity index (χ2v) is 5.71. The average Bonchev–Trinajstić information content (AvgIpc) is 2.83. The Kier molecular flexibility index (Phi) is 4.31. The summed E-state index contributed by atoms with van der Waals surface area (Å²) in [5.74, 6) is 1.10. The average molecular weight is 328 g/mol. The van der Waals surface area contributed by atoms with Crippen molar-refractivity contribution in [3.8, 4) is 10.7 Å². The van der Waals surface area contributed by atoms with Crippen LogP contribution in [-0.2, 0) is 17.8 Å². The molecule has 0 amide bonds. The Labute approximate surface area is 118 Å². The SMILES string of the molecule is CCc1ccc(-c2nc(N)c(Br)c(COC)n2)s1. The molecule has 0 unspecified atom stereocenters. The number of anilines is 1. The summed E-state index contributed by atoms with van der Waals surface area (Å²) >= 11 is 5.07. The lowest BCUT2D eigenvalue weighted by atomic mass is 10.3. The van der Waals surface area contributed by atoms with Gasteiger partial charge in [-0.05, 0) is 34.5 Å². The van der Waals surface area contributed by atoms with Crippen LogP contribution in [0.3, 0.4) is 0 Å². The van der Waals surface area contributed by atoms with E-state index in [9.17, 15) is 0 Å². The van der Waals surface area contributed by atoms with Gasteiger partial charge in [0.05, 0.1) is 21.7 Å². The lowest BCUT2D eigenvalue weighted by molar-refractivity contribution is 0.181. The van der Waals surface area contributed by atoms with E-state index >= 15 is 0 Å². The Hall–Kier alpha value is -0.980. The standard InChI is InChI=1S/C12H14BrN3OS/c1-3-7-4-5-9(18-7)12-15-8(6-17-2)10(13)11(14)16-12/h4-5H,3,6H2,1-2H3,(H2,14,15,16). The van der Waals surface area contributed by atoms with Crippen LogP contribution in [0.15, 0.2) is 16.6 Å². The van der Waals surface area contributed by atoms with E-state index < -0.39 is 0 Å². The molecule has 2 aromatic heterocycles. The number of ether oxygens (including phenoxy) is 1. The van der Waals surface area contributed by atoms with E-state index in [2.05, 4.69) is 38.9 Å². The van der Waals surface area contributed by atoms with Gasteiger partial charge in [0.25, 0.3) is 0 Å². The molecule has 2 aromatic rings. The zero-order valence-electron chi connectivity index (χ0n) is 10.2. The lowest BCUT2D eigenvalue weighted by Crippen LogP contribution is -2.03. The molecule has 6 heteroatoms. The molecule has 0 radical (unpaired) electrons. The first-order valence-corrected chi connectivity index (χ1v) is 7.16. The third-order valence-electron chi connectivity index (χ3n) is 2.46. The van der Waals surface area contributed by atoms with Crippen molar-refractivity contribution in [2.75, 3.05) is 12.8 Å². The minimum absolute atomic E-state index is 0.409. The quantitative estimate of drug-likeness (QED) is 0.936.